The molecule has 1 fully saturated rings. The molecule has 0 amide bonds. The smallest absolute Gasteiger partial charge is 0.308 e. The summed E-state index contributed by atoms with van der Waals surface area (Å²) in [5.41, 5.74) is 0. The highest BCUT2D eigenvalue weighted by atomic mass is 35.5. The number of ether oxygens (including phenoxy) is 1. The SMILES string of the molecule is COC(=O)C1CCC(NS(=O)(=O)c2ccc3cc(Cl)nc(Cl)c3c2)CC1. The molecule has 1 aliphatic carbocycles. The van der Waals surface area contributed by atoms with Gasteiger partial charge in [0.1, 0.15) is 10.3 Å². The molecular weight excluding hydrogens is 399 g/mol. The molecule has 1 aromatic heterocycles. The molecule has 2 aromatic rings. The maximum atomic E-state index is 12.7. The van der Waals surface area contributed by atoms with Gasteiger partial charge in [-0.05, 0) is 49.3 Å². The predicted octanol–water partition coefficient (Wildman–Crippen LogP) is 3.55. The van der Waals surface area contributed by atoms with Crippen molar-refractivity contribution in [3.8, 4) is 0 Å². The fraction of sp³-hybridized carbons (Fsp3) is 0.412. The Balaban J connectivity index is 1.77. The summed E-state index contributed by atoms with van der Waals surface area (Å²) in [7, 11) is -2.34. The first-order valence-electron chi connectivity index (χ1n) is 8.16. The van der Waals surface area contributed by atoms with Crippen LogP contribution in [-0.4, -0.2) is 32.5 Å². The monoisotopic (exact) mass is 416 g/mol. The van der Waals surface area contributed by atoms with E-state index in [0.717, 1.165) is 0 Å². The Morgan fingerprint density at radius 2 is 1.88 bits per heavy atom. The second-order valence-electron chi connectivity index (χ2n) is 6.31. The lowest BCUT2D eigenvalue weighted by atomic mass is 9.86. The van der Waals surface area contributed by atoms with Gasteiger partial charge in [-0.2, -0.15) is 0 Å². The third-order valence-corrected chi connectivity index (χ3v) is 6.62. The molecule has 1 saturated carbocycles. The van der Waals surface area contributed by atoms with Crippen molar-refractivity contribution in [3.05, 3.63) is 34.6 Å². The number of nitrogens with one attached hydrogen (secondary N) is 1. The minimum Gasteiger partial charge on any atom is -0.469 e. The van der Waals surface area contributed by atoms with Crippen LogP contribution < -0.4 is 4.72 Å². The van der Waals surface area contributed by atoms with Crippen LogP contribution >= 0.6 is 23.2 Å². The Morgan fingerprint density at radius 3 is 2.54 bits per heavy atom. The van der Waals surface area contributed by atoms with E-state index in [0.29, 0.717) is 36.5 Å². The summed E-state index contributed by atoms with van der Waals surface area (Å²) in [6.45, 7) is 0. The number of carbonyl (C=O) groups is 1. The van der Waals surface area contributed by atoms with Crippen molar-refractivity contribution in [2.45, 2.75) is 36.6 Å². The maximum Gasteiger partial charge on any atom is 0.308 e. The van der Waals surface area contributed by atoms with Crippen molar-refractivity contribution in [3.63, 3.8) is 0 Å². The zero-order chi connectivity index (χ0) is 18.9. The highest BCUT2D eigenvalue weighted by Gasteiger charge is 2.29. The fourth-order valence-electron chi connectivity index (χ4n) is 3.22. The number of esters is 1. The molecule has 3 rings (SSSR count). The van der Waals surface area contributed by atoms with Crippen LogP contribution in [0, 0.1) is 5.92 Å². The van der Waals surface area contributed by atoms with Crippen LogP contribution in [-0.2, 0) is 19.6 Å². The van der Waals surface area contributed by atoms with Crippen LogP contribution in [0.15, 0.2) is 29.2 Å². The molecule has 140 valence electrons. The fourth-order valence-corrected chi connectivity index (χ4v) is 5.05. The van der Waals surface area contributed by atoms with Crippen LogP contribution in [0.5, 0.6) is 0 Å². The van der Waals surface area contributed by atoms with Gasteiger partial charge in [0.2, 0.25) is 10.0 Å². The van der Waals surface area contributed by atoms with Crippen molar-refractivity contribution in [1.82, 2.24) is 9.71 Å². The van der Waals surface area contributed by atoms with Crippen LogP contribution in [0.3, 0.4) is 0 Å². The van der Waals surface area contributed by atoms with Crippen molar-refractivity contribution in [1.29, 1.82) is 0 Å². The molecule has 0 bridgehead atoms. The molecule has 9 heteroatoms. The molecule has 1 aliphatic rings. The molecule has 0 atom stereocenters. The van der Waals surface area contributed by atoms with Gasteiger partial charge in [0, 0.05) is 11.4 Å². The molecule has 1 aromatic carbocycles. The van der Waals surface area contributed by atoms with E-state index in [2.05, 4.69) is 9.71 Å². The number of hydrogen-bond acceptors (Lipinski definition) is 5. The topological polar surface area (TPSA) is 85.4 Å². The first kappa shape index (κ1) is 19.4. The van der Waals surface area contributed by atoms with Gasteiger partial charge in [0.05, 0.1) is 17.9 Å². The molecule has 0 spiro atoms. The number of halogens is 2. The number of aromatic nitrogens is 1. The van der Waals surface area contributed by atoms with Gasteiger partial charge in [-0.1, -0.05) is 29.3 Å². The van der Waals surface area contributed by atoms with E-state index >= 15 is 0 Å². The Labute approximate surface area is 161 Å². The third-order valence-electron chi connectivity index (χ3n) is 4.62. The number of pyridine rings is 1. The number of fused-ring (bicyclic) bond motifs is 1. The molecule has 0 radical (unpaired) electrons. The molecule has 1 N–H and O–H groups in total. The molecule has 0 saturated heterocycles. The summed E-state index contributed by atoms with van der Waals surface area (Å²) in [4.78, 5) is 15.6. The molecule has 0 unspecified atom stereocenters. The van der Waals surface area contributed by atoms with E-state index in [1.807, 2.05) is 0 Å². The minimum absolute atomic E-state index is 0.117. The second-order valence-corrected chi connectivity index (χ2v) is 8.77. The number of nitrogens with zero attached hydrogens (tertiary/aromatic N) is 1. The summed E-state index contributed by atoms with van der Waals surface area (Å²) < 4.78 is 32.9. The van der Waals surface area contributed by atoms with E-state index in [1.165, 1.54) is 19.2 Å². The van der Waals surface area contributed by atoms with E-state index in [-0.39, 0.29) is 33.1 Å². The largest absolute Gasteiger partial charge is 0.469 e. The quantitative estimate of drug-likeness (QED) is 0.608. The van der Waals surface area contributed by atoms with E-state index < -0.39 is 10.0 Å². The van der Waals surface area contributed by atoms with Gasteiger partial charge in [0.15, 0.2) is 0 Å². The van der Waals surface area contributed by atoms with Crippen molar-refractivity contribution in [2.75, 3.05) is 7.11 Å². The molecule has 1 heterocycles. The number of benzene rings is 1. The number of rotatable bonds is 4. The van der Waals surface area contributed by atoms with Gasteiger partial charge < -0.3 is 4.74 Å². The normalized spacial score (nSPS) is 20.9. The van der Waals surface area contributed by atoms with E-state index in [9.17, 15) is 13.2 Å². The maximum absolute atomic E-state index is 12.7. The summed E-state index contributed by atoms with van der Waals surface area (Å²) >= 11 is 11.9. The highest BCUT2D eigenvalue weighted by molar-refractivity contribution is 7.89. The number of sulfonamides is 1. The Bertz CT molecular complexity index is 941. The minimum atomic E-state index is -3.71. The third kappa shape index (κ3) is 4.11. The van der Waals surface area contributed by atoms with E-state index in [4.69, 9.17) is 27.9 Å². The lowest BCUT2D eigenvalue weighted by Gasteiger charge is -2.27. The Hall–Kier alpha value is -1.41. The van der Waals surface area contributed by atoms with Crippen molar-refractivity contribution in [2.24, 2.45) is 5.92 Å². The molecule has 26 heavy (non-hydrogen) atoms. The second kappa shape index (κ2) is 7.68. The van der Waals surface area contributed by atoms with Crippen LogP contribution in [0.1, 0.15) is 25.7 Å². The van der Waals surface area contributed by atoms with Crippen LogP contribution in [0.2, 0.25) is 10.3 Å². The summed E-state index contributed by atoms with van der Waals surface area (Å²) in [5.74, 6) is -0.391. The lowest BCUT2D eigenvalue weighted by molar-refractivity contribution is -0.146. The van der Waals surface area contributed by atoms with E-state index in [1.54, 1.807) is 12.1 Å². The number of carbonyl (C=O) groups excluding carboxylic acids is 1. The number of hydrogen-bond donors (Lipinski definition) is 1. The van der Waals surface area contributed by atoms with Crippen molar-refractivity contribution < 1.29 is 17.9 Å². The predicted molar refractivity (Wildman–Crippen MR) is 99.8 cm³/mol. The van der Waals surface area contributed by atoms with Gasteiger partial charge in [-0.15, -0.1) is 0 Å². The first-order chi connectivity index (χ1) is 12.3. The summed E-state index contributed by atoms with van der Waals surface area (Å²) in [6, 6.07) is 6.06. The Kier molecular flexibility index (Phi) is 5.72. The average Bonchev–Trinajstić information content (AvgIpc) is 2.61. The van der Waals surface area contributed by atoms with Gasteiger partial charge in [-0.3, -0.25) is 4.79 Å². The van der Waals surface area contributed by atoms with Crippen LogP contribution in [0.25, 0.3) is 10.8 Å². The number of methoxy groups -OCH3 is 1. The molecular formula is C17H18Cl2N2O4S. The average molecular weight is 417 g/mol. The summed E-state index contributed by atoms with van der Waals surface area (Å²) in [6.07, 6.45) is 2.38. The van der Waals surface area contributed by atoms with Crippen LogP contribution in [0.4, 0.5) is 0 Å². The van der Waals surface area contributed by atoms with Gasteiger partial charge in [-0.25, -0.2) is 18.1 Å². The standard InChI is InChI=1S/C17H18Cl2N2O4S/c1-25-17(22)10-2-5-12(6-3-10)21-26(23,24)13-7-4-11-8-15(18)20-16(19)14(11)9-13/h4,7-10,12,21H,2-3,5-6H2,1H3. The zero-order valence-corrected chi connectivity index (χ0v) is 16.4. The summed E-state index contributed by atoms with van der Waals surface area (Å²) in [5, 5.41) is 1.64. The lowest BCUT2D eigenvalue weighted by Crippen LogP contribution is -2.38. The molecule has 6 nitrogen and oxygen atoms in total. The zero-order valence-electron chi connectivity index (χ0n) is 14.0. The first-order valence-corrected chi connectivity index (χ1v) is 10.4. The highest BCUT2D eigenvalue weighted by Crippen LogP contribution is 2.29. The Morgan fingerprint density at radius 1 is 1.19 bits per heavy atom. The molecule has 0 aliphatic heterocycles. The van der Waals surface area contributed by atoms with Crippen molar-refractivity contribution >= 4 is 50.0 Å². The van der Waals surface area contributed by atoms with Gasteiger partial charge in [0.25, 0.3) is 0 Å². The van der Waals surface area contributed by atoms with Gasteiger partial charge >= 0.3 is 5.97 Å².